The number of hydrogen-bond donors (Lipinski definition) is 1. The number of rotatable bonds is 5. The standard InChI is InChI=1S/C11H12BrN3O6/c1-7(11(2,12)15(20)21)13(10(16)17)8-3-5-9(6-4-8)14(18)19/h3-7H,1-2H3,(H,16,17). The van der Waals surface area contributed by atoms with Crippen LogP contribution in [0.1, 0.15) is 13.8 Å². The highest BCUT2D eigenvalue weighted by Crippen LogP contribution is 2.31. The first-order chi connectivity index (χ1) is 9.59. The van der Waals surface area contributed by atoms with Crippen molar-refractivity contribution in [2.24, 2.45) is 0 Å². The minimum atomic E-state index is -1.70. The fourth-order valence-corrected chi connectivity index (χ4v) is 1.83. The number of benzene rings is 1. The predicted molar refractivity (Wildman–Crippen MR) is 77.4 cm³/mol. The Bertz CT molecular complexity index is 574. The summed E-state index contributed by atoms with van der Waals surface area (Å²) in [6.07, 6.45) is -1.40. The van der Waals surface area contributed by atoms with Crippen LogP contribution in [0.3, 0.4) is 0 Å². The summed E-state index contributed by atoms with van der Waals surface area (Å²) in [7, 11) is 0. The molecule has 0 aliphatic heterocycles. The van der Waals surface area contributed by atoms with Gasteiger partial charge < -0.3 is 5.11 Å². The molecule has 0 fully saturated rings. The van der Waals surface area contributed by atoms with Crippen molar-refractivity contribution in [2.75, 3.05) is 4.90 Å². The first-order valence-electron chi connectivity index (χ1n) is 5.69. The summed E-state index contributed by atoms with van der Waals surface area (Å²) in [5, 5.41) is 30.9. The fraction of sp³-hybridized carbons (Fsp3) is 0.364. The average molecular weight is 362 g/mol. The van der Waals surface area contributed by atoms with E-state index >= 15 is 0 Å². The van der Waals surface area contributed by atoms with Crippen molar-refractivity contribution in [3.05, 3.63) is 44.5 Å². The van der Waals surface area contributed by atoms with E-state index in [1.165, 1.54) is 26.0 Å². The van der Waals surface area contributed by atoms with Gasteiger partial charge in [0, 0.05) is 45.6 Å². The number of hydrogen-bond acceptors (Lipinski definition) is 5. The third kappa shape index (κ3) is 3.45. The van der Waals surface area contributed by atoms with Crippen LogP contribution < -0.4 is 4.90 Å². The van der Waals surface area contributed by atoms with Gasteiger partial charge in [-0.05, 0) is 19.1 Å². The Labute approximate surface area is 127 Å². The van der Waals surface area contributed by atoms with E-state index in [1.807, 2.05) is 0 Å². The van der Waals surface area contributed by atoms with Crippen LogP contribution in [0, 0.1) is 20.2 Å². The molecule has 1 aromatic rings. The highest BCUT2D eigenvalue weighted by Gasteiger charge is 2.46. The van der Waals surface area contributed by atoms with Crippen molar-refractivity contribution in [1.29, 1.82) is 0 Å². The number of nitro benzene ring substituents is 1. The second kappa shape index (κ2) is 6.04. The third-order valence-electron chi connectivity index (χ3n) is 3.05. The molecule has 114 valence electrons. The van der Waals surface area contributed by atoms with Crippen LogP contribution in [0.2, 0.25) is 0 Å². The number of non-ortho nitro benzene ring substituents is 1. The number of carbonyl (C=O) groups is 1. The largest absolute Gasteiger partial charge is 0.465 e. The second-order valence-electron chi connectivity index (χ2n) is 4.38. The number of anilines is 1. The normalized spacial score (nSPS) is 14.8. The van der Waals surface area contributed by atoms with E-state index in [-0.39, 0.29) is 11.4 Å². The van der Waals surface area contributed by atoms with Gasteiger partial charge in [-0.1, -0.05) is 0 Å². The molecule has 0 aliphatic rings. The molecule has 1 amide bonds. The molecule has 0 bridgehead atoms. The molecule has 1 aromatic carbocycles. The average Bonchev–Trinajstić information content (AvgIpc) is 2.38. The van der Waals surface area contributed by atoms with E-state index in [1.54, 1.807) is 0 Å². The number of amides is 1. The smallest absolute Gasteiger partial charge is 0.412 e. The number of halogens is 1. The molecule has 2 unspecified atom stereocenters. The maximum absolute atomic E-state index is 11.4. The lowest BCUT2D eigenvalue weighted by atomic mass is 10.1. The molecule has 0 aromatic heterocycles. The maximum Gasteiger partial charge on any atom is 0.412 e. The monoisotopic (exact) mass is 361 g/mol. The van der Waals surface area contributed by atoms with Crippen molar-refractivity contribution >= 4 is 33.4 Å². The van der Waals surface area contributed by atoms with Gasteiger partial charge >= 0.3 is 6.09 Å². The summed E-state index contributed by atoms with van der Waals surface area (Å²) in [4.78, 5) is 32.5. The van der Waals surface area contributed by atoms with E-state index in [0.717, 1.165) is 17.0 Å². The number of nitrogens with zero attached hydrogens (tertiary/aromatic N) is 3. The molecule has 0 saturated carbocycles. The maximum atomic E-state index is 11.4. The van der Waals surface area contributed by atoms with E-state index in [0.29, 0.717) is 0 Å². The van der Waals surface area contributed by atoms with Crippen LogP contribution in [0.25, 0.3) is 0 Å². The Morgan fingerprint density at radius 3 is 2.14 bits per heavy atom. The van der Waals surface area contributed by atoms with Gasteiger partial charge in [0.05, 0.1) is 4.92 Å². The highest BCUT2D eigenvalue weighted by molar-refractivity contribution is 9.10. The molecular weight excluding hydrogens is 350 g/mol. The van der Waals surface area contributed by atoms with Gasteiger partial charge in [0.1, 0.15) is 6.04 Å². The lowest BCUT2D eigenvalue weighted by Gasteiger charge is -2.31. The lowest BCUT2D eigenvalue weighted by Crippen LogP contribution is -2.52. The Balaban J connectivity index is 3.21. The SMILES string of the molecule is CC(N(C(=O)O)c1ccc([N+](=O)[O-])cc1)C(C)(Br)[N+](=O)[O-]. The minimum Gasteiger partial charge on any atom is -0.465 e. The van der Waals surface area contributed by atoms with E-state index in [2.05, 4.69) is 15.9 Å². The second-order valence-corrected chi connectivity index (χ2v) is 5.99. The predicted octanol–water partition coefficient (Wildman–Crippen LogP) is 2.86. The molecular formula is C11H12BrN3O6. The van der Waals surface area contributed by atoms with Crippen molar-refractivity contribution in [3.8, 4) is 0 Å². The topological polar surface area (TPSA) is 127 Å². The first kappa shape index (κ1) is 16.8. The summed E-state index contributed by atoms with van der Waals surface area (Å²) in [6, 6.07) is 3.68. The van der Waals surface area contributed by atoms with Crippen LogP contribution in [-0.2, 0) is 0 Å². The van der Waals surface area contributed by atoms with Gasteiger partial charge in [-0.25, -0.2) is 4.79 Å². The quantitative estimate of drug-likeness (QED) is 0.371. The molecule has 10 heteroatoms. The van der Waals surface area contributed by atoms with E-state index in [4.69, 9.17) is 0 Å². The van der Waals surface area contributed by atoms with Crippen LogP contribution in [0.4, 0.5) is 16.2 Å². The van der Waals surface area contributed by atoms with Crippen LogP contribution >= 0.6 is 15.9 Å². The summed E-state index contributed by atoms with van der Waals surface area (Å²) in [6.45, 7) is 2.60. The summed E-state index contributed by atoms with van der Waals surface area (Å²) in [5.41, 5.74) is -0.0965. The Kier molecular flexibility index (Phi) is 4.84. The molecule has 0 heterocycles. The molecule has 0 aliphatic carbocycles. The Morgan fingerprint density at radius 2 is 1.81 bits per heavy atom. The molecule has 21 heavy (non-hydrogen) atoms. The summed E-state index contributed by atoms with van der Waals surface area (Å²) < 4.78 is -1.70. The van der Waals surface area contributed by atoms with E-state index < -0.39 is 26.4 Å². The summed E-state index contributed by atoms with van der Waals surface area (Å²) >= 11 is 2.90. The van der Waals surface area contributed by atoms with Crippen molar-refractivity contribution < 1.29 is 19.7 Å². The van der Waals surface area contributed by atoms with E-state index in [9.17, 15) is 30.1 Å². The van der Waals surface area contributed by atoms with Gasteiger partial charge in [-0.3, -0.25) is 25.1 Å². The van der Waals surface area contributed by atoms with Gasteiger partial charge in [0.2, 0.25) is 0 Å². The number of carboxylic acid groups (broad SMARTS) is 1. The molecule has 0 spiro atoms. The number of alkyl halides is 1. The minimum absolute atomic E-state index is 0.105. The lowest BCUT2D eigenvalue weighted by molar-refractivity contribution is -0.533. The molecule has 1 rings (SSSR count). The first-order valence-corrected chi connectivity index (χ1v) is 6.48. The fourth-order valence-electron chi connectivity index (χ4n) is 1.62. The van der Waals surface area contributed by atoms with Crippen molar-refractivity contribution in [1.82, 2.24) is 0 Å². The van der Waals surface area contributed by atoms with Gasteiger partial charge in [-0.2, -0.15) is 0 Å². The molecule has 0 saturated heterocycles. The molecule has 0 radical (unpaired) electrons. The van der Waals surface area contributed by atoms with Gasteiger partial charge in [0.15, 0.2) is 0 Å². The third-order valence-corrected chi connectivity index (χ3v) is 4.00. The summed E-state index contributed by atoms with van der Waals surface area (Å²) in [5.74, 6) is 0. The van der Waals surface area contributed by atoms with Crippen LogP contribution in [0.5, 0.6) is 0 Å². The molecule has 9 nitrogen and oxygen atoms in total. The Hall–Kier alpha value is -2.23. The molecule has 1 N–H and O–H groups in total. The zero-order chi connectivity index (χ0) is 16.4. The van der Waals surface area contributed by atoms with Crippen LogP contribution in [-0.4, -0.2) is 31.5 Å². The molecule has 2 atom stereocenters. The van der Waals surface area contributed by atoms with Gasteiger partial charge in [-0.15, -0.1) is 0 Å². The Morgan fingerprint density at radius 1 is 1.33 bits per heavy atom. The van der Waals surface area contributed by atoms with Crippen molar-refractivity contribution in [2.45, 2.75) is 24.3 Å². The van der Waals surface area contributed by atoms with Crippen LogP contribution in [0.15, 0.2) is 24.3 Å². The zero-order valence-electron chi connectivity index (χ0n) is 11.1. The zero-order valence-corrected chi connectivity index (χ0v) is 12.7. The van der Waals surface area contributed by atoms with Crippen molar-refractivity contribution in [3.63, 3.8) is 0 Å². The highest BCUT2D eigenvalue weighted by atomic mass is 79.9. The van der Waals surface area contributed by atoms with Gasteiger partial charge in [0.25, 0.3) is 10.1 Å². The number of nitro groups is 2.